The van der Waals surface area contributed by atoms with E-state index >= 15 is 0 Å². The lowest BCUT2D eigenvalue weighted by molar-refractivity contribution is -0.153. The van der Waals surface area contributed by atoms with Gasteiger partial charge in [0.2, 0.25) is 0 Å². The first kappa shape index (κ1) is 15.5. The lowest BCUT2D eigenvalue weighted by atomic mass is 9.69. The van der Waals surface area contributed by atoms with E-state index in [1.165, 1.54) is 0 Å². The maximum Gasteiger partial charge on any atom is 0.309 e. The monoisotopic (exact) mass is 228 g/mol. The number of unbranched alkanes of at least 4 members (excludes halogenated alkanes) is 2. The minimum absolute atomic E-state index is 0.293. The van der Waals surface area contributed by atoms with E-state index in [2.05, 4.69) is 20.8 Å². The Kier molecular flexibility index (Phi) is 7.44. The van der Waals surface area contributed by atoms with Gasteiger partial charge in [-0.1, -0.05) is 53.4 Å². The topological polar surface area (TPSA) is 37.3 Å². The van der Waals surface area contributed by atoms with E-state index in [4.69, 9.17) is 0 Å². The van der Waals surface area contributed by atoms with Crippen LogP contribution < -0.4 is 0 Å². The van der Waals surface area contributed by atoms with Crippen LogP contribution in [0.5, 0.6) is 0 Å². The Morgan fingerprint density at radius 1 is 1.19 bits per heavy atom. The predicted molar refractivity (Wildman–Crippen MR) is 68.6 cm³/mol. The molecule has 0 saturated heterocycles. The summed E-state index contributed by atoms with van der Waals surface area (Å²) in [5.41, 5.74) is -0.481. The molecule has 0 heterocycles. The highest BCUT2D eigenvalue weighted by Crippen LogP contribution is 2.40. The van der Waals surface area contributed by atoms with E-state index in [9.17, 15) is 9.90 Å². The number of aliphatic carboxylic acids is 1. The Labute approximate surface area is 100 Å². The van der Waals surface area contributed by atoms with Crippen molar-refractivity contribution < 1.29 is 9.90 Å². The lowest BCUT2D eigenvalue weighted by Gasteiger charge is -2.34. The van der Waals surface area contributed by atoms with E-state index in [1.807, 2.05) is 6.92 Å². The van der Waals surface area contributed by atoms with Crippen molar-refractivity contribution in [3.8, 4) is 0 Å². The van der Waals surface area contributed by atoms with E-state index in [0.717, 1.165) is 44.9 Å². The van der Waals surface area contributed by atoms with Gasteiger partial charge in [-0.3, -0.25) is 4.79 Å². The molecule has 0 spiro atoms. The van der Waals surface area contributed by atoms with Crippen molar-refractivity contribution in [2.24, 2.45) is 11.3 Å². The quantitative estimate of drug-likeness (QED) is 0.631. The maximum atomic E-state index is 11.6. The number of carboxylic acids is 1. The van der Waals surface area contributed by atoms with Crippen LogP contribution in [0.3, 0.4) is 0 Å². The van der Waals surface area contributed by atoms with Crippen LogP contribution in [0.25, 0.3) is 0 Å². The van der Waals surface area contributed by atoms with Crippen LogP contribution in [0.2, 0.25) is 0 Å². The van der Waals surface area contributed by atoms with Gasteiger partial charge in [0.15, 0.2) is 0 Å². The van der Waals surface area contributed by atoms with Gasteiger partial charge in [0.1, 0.15) is 0 Å². The summed E-state index contributed by atoms with van der Waals surface area (Å²) in [6, 6.07) is 0. The second-order valence-electron chi connectivity index (χ2n) is 4.96. The van der Waals surface area contributed by atoms with Crippen molar-refractivity contribution >= 4 is 5.97 Å². The van der Waals surface area contributed by atoms with Crippen LogP contribution >= 0.6 is 0 Å². The first-order chi connectivity index (χ1) is 7.55. The summed E-state index contributed by atoms with van der Waals surface area (Å²) in [7, 11) is 0. The standard InChI is InChI=1S/C14H28O2/c1-5-8-10-12(4)14(7-3,13(15)16)11-9-6-2/h12H,5-11H2,1-4H3,(H,15,16). The number of rotatable bonds is 9. The third-order valence-corrected chi connectivity index (χ3v) is 3.97. The van der Waals surface area contributed by atoms with Gasteiger partial charge < -0.3 is 5.11 Å². The molecule has 0 aliphatic carbocycles. The van der Waals surface area contributed by atoms with Gasteiger partial charge in [0, 0.05) is 0 Å². The van der Waals surface area contributed by atoms with Gasteiger partial charge >= 0.3 is 5.97 Å². The molecule has 16 heavy (non-hydrogen) atoms. The van der Waals surface area contributed by atoms with Gasteiger partial charge in [-0.2, -0.15) is 0 Å². The molecule has 0 radical (unpaired) electrons. The van der Waals surface area contributed by atoms with Crippen molar-refractivity contribution in [2.45, 2.75) is 72.6 Å². The van der Waals surface area contributed by atoms with E-state index in [-0.39, 0.29) is 0 Å². The summed E-state index contributed by atoms with van der Waals surface area (Å²) in [5.74, 6) is -0.298. The van der Waals surface area contributed by atoms with Gasteiger partial charge in [-0.25, -0.2) is 0 Å². The van der Waals surface area contributed by atoms with Crippen LogP contribution in [-0.4, -0.2) is 11.1 Å². The van der Waals surface area contributed by atoms with Crippen LogP contribution in [0, 0.1) is 11.3 Å². The van der Waals surface area contributed by atoms with Crippen molar-refractivity contribution in [1.82, 2.24) is 0 Å². The summed E-state index contributed by atoms with van der Waals surface area (Å²) >= 11 is 0. The summed E-state index contributed by atoms with van der Waals surface area (Å²) in [4.78, 5) is 11.6. The number of hydrogen-bond acceptors (Lipinski definition) is 1. The SMILES string of the molecule is CCCCC(C)C(CC)(CCCC)C(=O)O. The van der Waals surface area contributed by atoms with E-state index < -0.39 is 11.4 Å². The zero-order valence-electron chi connectivity index (χ0n) is 11.4. The Bertz CT molecular complexity index is 201. The molecule has 2 nitrogen and oxygen atoms in total. The normalized spacial score (nSPS) is 16.8. The summed E-state index contributed by atoms with van der Waals surface area (Å²) in [5, 5.41) is 9.52. The summed E-state index contributed by atoms with van der Waals surface area (Å²) in [6.07, 6.45) is 7.03. The molecule has 0 rings (SSSR count). The number of carboxylic acid groups (broad SMARTS) is 1. The molecule has 0 aromatic rings. The fraction of sp³-hybridized carbons (Fsp3) is 0.929. The first-order valence-electron chi connectivity index (χ1n) is 6.78. The molecule has 0 aromatic carbocycles. The van der Waals surface area contributed by atoms with Crippen LogP contribution in [-0.2, 0) is 4.79 Å². The van der Waals surface area contributed by atoms with Crippen LogP contribution in [0.1, 0.15) is 72.6 Å². The highest BCUT2D eigenvalue weighted by atomic mass is 16.4. The Morgan fingerprint density at radius 2 is 1.75 bits per heavy atom. The molecule has 0 aliphatic rings. The number of hydrogen-bond donors (Lipinski definition) is 1. The van der Waals surface area contributed by atoms with Crippen molar-refractivity contribution in [2.75, 3.05) is 0 Å². The smallest absolute Gasteiger partial charge is 0.309 e. The molecule has 0 saturated carbocycles. The molecule has 0 bridgehead atoms. The molecule has 2 atom stereocenters. The highest BCUT2D eigenvalue weighted by molar-refractivity contribution is 5.74. The Balaban J connectivity index is 4.66. The van der Waals surface area contributed by atoms with Gasteiger partial charge in [0.05, 0.1) is 5.41 Å². The Morgan fingerprint density at radius 3 is 2.12 bits per heavy atom. The highest BCUT2D eigenvalue weighted by Gasteiger charge is 2.40. The first-order valence-corrected chi connectivity index (χ1v) is 6.78. The zero-order valence-corrected chi connectivity index (χ0v) is 11.4. The van der Waals surface area contributed by atoms with Crippen LogP contribution in [0.15, 0.2) is 0 Å². The molecule has 2 heteroatoms. The second kappa shape index (κ2) is 7.70. The van der Waals surface area contributed by atoms with Crippen LogP contribution in [0.4, 0.5) is 0 Å². The molecule has 2 unspecified atom stereocenters. The summed E-state index contributed by atoms with van der Waals surface area (Å²) < 4.78 is 0. The van der Waals surface area contributed by atoms with E-state index in [0.29, 0.717) is 5.92 Å². The predicted octanol–water partition coefficient (Wildman–Crippen LogP) is 4.48. The fourth-order valence-electron chi connectivity index (χ4n) is 2.52. The minimum atomic E-state index is -0.591. The molecular weight excluding hydrogens is 200 g/mol. The fourth-order valence-corrected chi connectivity index (χ4v) is 2.52. The van der Waals surface area contributed by atoms with Gasteiger partial charge in [-0.15, -0.1) is 0 Å². The Hall–Kier alpha value is -0.530. The van der Waals surface area contributed by atoms with Crippen molar-refractivity contribution in [1.29, 1.82) is 0 Å². The second-order valence-corrected chi connectivity index (χ2v) is 4.96. The van der Waals surface area contributed by atoms with Gasteiger partial charge in [0.25, 0.3) is 0 Å². The zero-order chi connectivity index (χ0) is 12.6. The maximum absolute atomic E-state index is 11.6. The average molecular weight is 228 g/mol. The third-order valence-electron chi connectivity index (χ3n) is 3.97. The molecule has 0 aromatic heterocycles. The van der Waals surface area contributed by atoms with Gasteiger partial charge in [-0.05, 0) is 25.2 Å². The van der Waals surface area contributed by atoms with Crippen molar-refractivity contribution in [3.63, 3.8) is 0 Å². The molecule has 0 fully saturated rings. The largest absolute Gasteiger partial charge is 0.481 e. The molecular formula is C14H28O2. The number of carbonyl (C=O) groups is 1. The third kappa shape index (κ3) is 3.80. The molecule has 0 amide bonds. The van der Waals surface area contributed by atoms with E-state index in [1.54, 1.807) is 0 Å². The van der Waals surface area contributed by atoms with Crippen molar-refractivity contribution in [3.05, 3.63) is 0 Å². The molecule has 96 valence electrons. The average Bonchev–Trinajstić information content (AvgIpc) is 2.27. The lowest BCUT2D eigenvalue weighted by Crippen LogP contribution is -2.37. The minimum Gasteiger partial charge on any atom is -0.481 e. The molecule has 0 aliphatic heterocycles. The summed E-state index contributed by atoms with van der Waals surface area (Å²) in [6.45, 7) is 8.42. The molecule has 1 N–H and O–H groups in total.